The fourth-order valence-electron chi connectivity index (χ4n) is 0.696. The van der Waals surface area contributed by atoms with E-state index in [1.807, 2.05) is 0 Å². The van der Waals surface area contributed by atoms with Gasteiger partial charge in [0.2, 0.25) is 0 Å². The van der Waals surface area contributed by atoms with Crippen LogP contribution in [-0.4, -0.2) is 37.7 Å². The number of carbonyl (C=O) groups is 2. The van der Waals surface area contributed by atoms with Crippen molar-refractivity contribution in [2.45, 2.75) is 12.5 Å². The minimum Gasteiger partial charge on any atom is -0.469 e. The van der Waals surface area contributed by atoms with Crippen LogP contribution in [0.25, 0.3) is 0 Å². The molecule has 0 spiro atoms. The lowest BCUT2D eigenvalue weighted by atomic mass is 10.2. The van der Waals surface area contributed by atoms with Crippen LogP contribution in [0.3, 0.4) is 0 Å². The molecule has 0 aromatic rings. The Bertz CT molecular complexity index is 185. The normalized spacial score (nSPS) is 11.2. The van der Waals surface area contributed by atoms with E-state index in [1.165, 1.54) is 12.6 Å². The fourth-order valence-corrected chi connectivity index (χ4v) is 0.792. The van der Waals surface area contributed by atoms with E-state index < -0.39 is 12.1 Å². The molecule has 0 saturated heterocycles. The minimum atomic E-state index is -0.538. The van der Waals surface area contributed by atoms with Crippen molar-refractivity contribution in [3.8, 4) is 0 Å². The smallest absolute Gasteiger partial charge is 0.309 e. The van der Waals surface area contributed by atoms with Gasteiger partial charge < -0.3 is 14.8 Å². The third-order valence-electron chi connectivity index (χ3n) is 1.30. The lowest BCUT2D eigenvalue weighted by Crippen LogP contribution is -2.30. The maximum atomic E-state index is 10.8. The van der Waals surface area contributed by atoms with Gasteiger partial charge in [0.25, 0.3) is 6.47 Å². The second-order valence-electron chi connectivity index (χ2n) is 2.16. The van der Waals surface area contributed by atoms with Gasteiger partial charge in [0.05, 0.1) is 25.6 Å². The van der Waals surface area contributed by atoms with Crippen LogP contribution < -0.4 is 5.32 Å². The number of nitrogens with one attached hydrogen (secondary N) is 1. The molecule has 1 N–H and O–H groups in total. The molecule has 74 valence electrons. The number of hydrogen-bond donors (Lipinski definition) is 1. The van der Waals surface area contributed by atoms with Gasteiger partial charge in [-0.25, -0.2) is 0 Å². The van der Waals surface area contributed by atoms with Crippen molar-refractivity contribution in [2.75, 3.05) is 13.7 Å². The second-order valence-corrected chi connectivity index (χ2v) is 2.40. The van der Waals surface area contributed by atoms with E-state index in [2.05, 4.69) is 27.0 Å². The van der Waals surface area contributed by atoms with Gasteiger partial charge in [-0.3, -0.25) is 9.59 Å². The molecule has 0 aromatic heterocycles. The molecule has 0 aliphatic heterocycles. The first-order valence-electron chi connectivity index (χ1n) is 3.57. The largest absolute Gasteiger partial charge is 0.469 e. The maximum absolute atomic E-state index is 10.8. The molecule has 0 aromatic carbocycles. The van der Waals surface area contributed by atoms with Crippen molar-refractivity contribution < 1.29 is 19.1 Å². The zero-order valence-electron chi connectivity index (χ0n) is 7.19. The zero-order valence-corrected chi connectivity index (χ0v) is 8.00. The van der Waals surface area contributed by atoms with Gasteiger partial charge in [-0.05, 0) is 0 Å². The Morgan fingerprint density at radius 2 is 2.38 bits per heavy atom. The van der Waals surface area contributed by atoms with Gasteiger partial charge >= 0.3 is 5.97 Å². The van der Waals surface area contributed by atoms with E-state index in [-0.39, 0.29) is 6.42 Å². The maximum Gasteiger partial charge on any atom is 0.309 e. The molecule has 13 heavy (non-hydrogen) atoms. The van der Waals surface area contributed by atoms with Crippen molar-refractivity contribution in [3.63, 3.8) is 0 Å². The van der Waals surface area contributed by atoms with Gasteiger partial charge in [-0.2, -0.15) is 0 Å². The topological polar surface area (TPSA) is 64.6 Å². The Morgan fingerprint density at radius 1 is 1.69 bits per heavy atom. The third kappa shape index (κ3) is 6.03. The van der Waals surface area contributed by atoms with E-state index in [0.29, 0.717) is 13.0 Å². The molecule has 0 fully saturated rings. The van der Waals surface area contributed by atoms with Crippen molar-refractivity contribution in [2.24, 2.45) is 0 Å². The molecule has 0 amide bonds. The van der Waals surface area contributed by atoms with Crippen LogP contribution >= 0.6 is 12.2 Å². The SMILES string of the molecule is COC(=O)CC(CNC=S)OC=O. The first-order chi connectivity index (χ1) is 6.24. The summed E-state index contributed by atoms with van der Waals surface area (Å²) in [6.07, 6.45) is -0.519. The second kappa shape index (κ2) is 7.48. The van der Waals surface area contributed by atoms with E-state index in [1.54, 1.807) is 0 Å². The van der Waals surface area contributed by atoms with Crippen molar-refractivity contribution in [1.82, 2.24) is 5.32 Å². The Labute approximate surface area is 81.4 Å². The highest BCUT2D eigenvalue weighted by atomic mass is 32.1. The predicted molar refractivity (Wildman–Crippen MR) is 49.2 cm³/mol. The minimum absolute atomic E-state index is 0.0193. The highest BCUT2D eigenvalue weighted by Gasteiger charge is 2.14. The summed E-state index contributed by atoms with van der Waals surface area (Å²) in [5.41, 5.74) is 1.29. The molecule has 0 aliphatic carbocycles. The molecule has 0 bridgehead atoms. The number of esters is 1. The molecular weight excluding hydrogens is 194 g/mol. The molecule has 0 saturated carbocycles. The summed E-state index contributed by atoms with van der Waals surface area (Å²) in [6, 6.07) is 0. The molecule has 0 heterocycles. The number of methoxy groups -OCH3 is 1. The van der Waals surface area contributed by atoms with E-state index in [0.717, 1.165) is 0 Å². The van der Waals surface area contributed by atoms with E-state index in [4.69, 9.17) is 0 Å². The molecular formula is C7H11NO4S. The number of carbonyl (C=O) groups excluding carboxylic acids is 2. The first-order valence-corrected chi connectivity index (χ1v) is 4.04. The third-order valence-corrected chi connectivity index (χ3v) is 1.47. The lowest BCUT2D eigenvalue weighted by molar-refractivity contribution is -0.146. The Morgan fingerprint density at radius 3 is 2.85 bits per heavy atom. The number of hydrogen-bond acceptors (Lipinski definition) is 5. The highest BCUT2D eigenvalue weighted by molar-refractivity contribution is 7.78. The van der Waals surface area contributed by atoms with Gasteiger partial charge in [0.15, 0.2) is 0 Å². The molecule has 0 aliphatic rings. The number of thiocarbonyl (C=S) groups is 1. The Balaban J connectivity index is 3.84. The van der Waals surface area contributed by atoms with Gasteiger partial charge in [0, 0.05) is 0 Å². The average Bonchev–Trinajstić information content (AvgIpc) is 2.14. The zero-order chi connectivity index (χ0) is 10.1. The predicted octanol–water partition coefficient (Wildman–Crippen LogP) is -0.362. The van der Waals surface area contributed by atoms with Gasteiger partial charge in [-0.1, -0.05) is 12.2 Å². The van der Waals surface area contributed by atoms with Crippen molar-refractivity contribution in [3.05, 3.63) is 0 Å². The number of rotatable bonds is 7. The lowest BCUT2D eigenvalue weighted by Gasteiger charge is -2.12. The summed E-state index contributed by atoms with van der Waals surface area (Å²) in [5, 5.41) is 2.66. The molecule has 0 radical (unpaired) electrons. The van der Waals surface area contributed by atoms with Crippen molar-refractivity contribution in [1.29, 1.82) is 0 Å². The number of ether oxygens (including phenoxy) is 2. The highest BCUT2D eigenvalue weighted by Crippen LogP contribution is 1.97. The van der Waals surface area contributed by atoms with Gasteiger partial charge in [0.1, 0.15) is 6.10 Å². The van der Waals surface area contributed by atoms with Crippen LogP contribution in [0.4, 0.5) is 0 Å². The van der Waals surface area contributed by atoms with Crippen LogP contribution in [0.15, 0.2) is 0 Å². The molecule has 0 rings (SSSR count). The summed E-state index contributed by atoms with van der Waals surface area (Å²) < 4.78 is 9.01. The monoisotopic (exact) mass is 205 g/mol. The summed E-state index contributed by atoms with van der Waals surface area (Å²) in [7, 11) is 1.27. The molecule has 1 unspecified atom stereocenters. The Kier molecular flexibility index (Phi) is 6.80. The molecule has 1 atom stereocenters. The summed E-state index contributed by atoms with van der Waals surface area (Å²) in [6.45, 7) is 0.593. The quantitative estimate of drug-likeness (QED) is 0.348. The van der Waals surface area contributed by atoms with Crippen LogP contribution in [0.5, 0.6) is 0 Å². The Hall–Kier alpha value is -1.17. The summed E-state index contributed by atoms with van der Waals surface area (Å²) in [4.78, 5) is 20.8. The summed E-state index contributed by atoms with van der Waals surface area (Å²) >= 11 is 4.50. The standard InChI is InChI=1S/C7H11NO4S/c1-11-7(10)2-6(12-5-9)3-8-4-13/h4-6H,2-3H2,1H3,(H,8,13). The van der Waals surface area contributed by atoms with Gasteiger partial charge in [-0.15, -0.1) is 0 Å². The molecule has 5 nitrogen and oxygen atoms in total. The first kappa shape index (κ1) is 11.8. The van der Waals surface area contributed by atoms with E-state index in [9.17, 15) is 9.59 Å². The van der Waals surface area contributed by atoms with Crippen LogP contribution in [0.1, 0.15) is 6.42 Å². The van der Waals surface area contributed by atoms with Crippen LogP contribution in [0, 0.1) is 0 Å². The van der Waals surface area contributed by atoms with E-state index >= 15 is 0 Å². The fraction of sp³-hybridized carbons (Fsp3) is 0.571. The van der Waals surface area contributed by atoms with Crippen LogP contribution in [-0.2, 0) is 19.1 Å². The molecule has 6 heteroatoms. The summed E-state index contributed by atoms with van der Waals surface area (Å²) in [5.74, 6) is -0.432. The van der Waals surface area contributed by atoms with Crippen LogP contribution in [0.2, 0.25) is 0 Å². The average molecular weight is 205 g/mol. The van der Waals surface area contributed by atoms with Crippen molar-refractivity contribution >= 4 is 30.2 Å².